The Kier molecular flexibility index (Phi) is 2.81. The Balaban J connectivity index is 1.96. The SMILES string of the molecule is COc1cc2c(cc1C1CCNCC1)OCO2. The lowest BCUT2D eigenvalue weighted by molar-refractivity contribution is 0.174. The first-order valence-corrected chi connectivity index (χ1v) is 6.06. The molecule has 0 unspecified atom stereocenters. The molecule has 1 N–H and O–H groups in total. The van der Waals surface area contributed by atoms with Gasteiger partial charge in [-0.3, -0.25) is 0 Å². The summed E-state index contributed by atoms with van der Waals surface area (Å²) in [6.45, 7) is 2.46. The minimum Gasteiger partial charge on any atom is -0.496 e. The van der Waals surface area contributed by atoms with Gasteiger partial charge in [0, 0.05) is 11.6 Å². The van der Waals surface area contributed by atoms with Crippen LogP contribution in [0.2, 0.25) is 0 Å². The number of piperidine rings is 1. The van der Waals surface area contributed by atoms with E-state index in [2.05, 4.69) is 11.4 Å². The van der Waals surface area contributed by atoms with Crippen molar-refractivity contribution in [2.75, 3.05) is 27.0 Å². The standard InChI is InChI=1S/C13H17NO3/c1-15-11-7-13-12(16-8-17-13)6-10(11)9-2-4-14-5-3-9/h6-7,9,14H,2-5,8H2,1H3. The molecule has 4 heteroatoms. The molecule has 0 amide bonds. The van der Waals surface area contributed by atoms with Crippen LogP contribution in [0.5, 0.6) is 17.2 Å². The molecule has 1 aromatic rings. The minimum absolute atomic E-state index is 0.314. The van der Waals surface area contributed by atoms with E-state index in [1.165, 1.54) is 5.56 Å². The number of benzene rings is 1. The number of fused-ring (bicyclic) bond motifs is 1. The molecule has 2 aliphatic rings. The molecule has 3 rings (SSSR count). The Labute approximate surface area is 101 Å². The number of ether oxygens (including phenoxy) is 3. The highest BCUT2D eigenvalue weighted by Crippen LogP contribution is 2.42. The van der Waals surface area contributed by atoms with Gasteiger partial charge in [-0.05, 0) is 37.9 Å². The molecule has 2 aliphatic heterocycles. The van der Waals surface area contributed by atoms with Crippen molar-refractivity contribution in [3.63, 3.8) is 0 Å². The number of methoxy groups -OCH3 is 1. The molecule has 4 nitrogen and oxygen atoms in total. The molecule has 0 aromatic heterocycles. The van der Waals surface area contributed by atoms with Crippen molar-refractivity contribution in [1.29, 1.82) is 0 Å². The first-order valence-electron chi connectivity index (χ1n) is 6.06. The first-order chi connectivity index (χ1) is 8.38. The fraction of sp³-hybridized carbons (Fsp3) is 0.538. The molecular weight excluding hydrogens is 218 g/mol. The van der Waals surface area contributed by atoms with E-state index < -0.39 is 0 Å². The molecule has 0 spiro atoms. The predicted molar refractivity (Wildman–Crippen MR) is 64.0 cm³/mol. The van der Waals surface area contributed by atoms with E-state index in [1.807, 2.05) is 6.07 Å². The maximum Gasteiger partial charge on any atom is 0.231 e. The highest BCUT2D eigenvalue weighted by Gasteiger charge is 2.23. The molecule has 1 fully saturated rings. The van der Waals surface area contributed by atoms with Gasteiger partial charge in [0.2, 0.25) is 6.79 Å². The van der Waals surface area contributed by atoms with Crippen molar-refractivity contribution in [2.45, 2.75) is 18.8 Å². The van der Waals surface area contributed by atoms with Gasteiger partial charge in [0.1, 0.15) is 5.75 Å². The topological polar surface area (TPSA) is 39.7 Å². The van der Waals surface area contributed by atoms with Crippen LogP contribution in [0.25, 0.3) is 0 Å². The Morgan fingerprint density at radius 2 is 1.88 bits per heavy atom. The average molecular weight is 235 g/mol. The van der Waals surface area contributed by atoms with E-state index in [-0.39, 0.29) is 0 Å². The number of hydrogen-bond acceptors (Lipinski definition) is 4. The van der Waals surface area contributed by atoms with Crippen LogP contribution in [0.4, 0.5) is 0 Å². The van der Waals surface area contributed by atoms with Crippen LogP contribution < -0.4 is 19.5 Å². The summed E-state index contributed by atoms with van der Waals surface area (Å²) in [5.74, 6) is 3.11. The van der Waals surface area contributed by atoms with Gasteiger partial charge in [0.25, 0.3) is 0 Å². The molecule has 0 atom stereocenters. The Morgan fingerprint density at radius 1 is 1.18 bits per heavy atom. The van der Waals surface area contributed by atoms with Gasteiger partial charge in [-0.1, -0.05) is 0 Å². The molecule has 0 aliphatic carbocycles. The lowest BCUT2D eigenvalue weighted by atomic mass is 9.89. The summed E-state index contributed by atoms with van der Waals surface area (Å²) in [6, 6.07) is 4.02. The summed E-state index contributed by atoms with van der Waals surface area (Å²) in [6.07, 6.45) is 2.30. The summed E-state index contributed by atoms with van der Waals surface area (Å²) < 4.78 is 16.3. The summed E-state index contributed by atoms with van der Waals surface area (Å²) in [4.78, 5) is 0. The van der Waals surface area contributed by atoms with Crippen molar-refractivity contribution < 1.29 is 14.2 Å². The summed E-state index contributed by atoms with van der Waals surface area (Å²) in [5.41, 5.74) is 1.25. The van der Waals surface area contributed by atoms with Gasteiger partial charge in [0.05, 0.1) is 7.11 Å². The second kappa shape index (κ2) is 4.45. The smallest absolute Gasteiger partial charge is 0.231 e. The normalized spacial score (nSPS) is 19.4. The highest BCUT2D eigenvalue weighted by molar-refractivity contribution is 5.53. The van der Waals surface area contributed by atoms with Gasteiger partial charge in [-0.15, -0.1) is 0 Å². The van der Waals surface area contributed by atoms with Crippen molar-refractivity contribution in [3.8, 4) is 17.2 Å². The van der Waals surface area contributed by atoms with E-state index in [0.29, 0.717) is 12.7 Å². The van der Waals surface area contributed by atoms with Gasteiger partial charge in [0.15, 0.2) is 11.5 Å². The predicted octanol–water partition coefficient (Wildman–Crippen LogP) is 1.89. The highest BCUT2D eigenvalue weighted by atomic mass is 16.7. The summed E-state index contributed by atoms with van der Waals surface area (Å²) in [7, 11) is 1.71. The maximum atomic E-state index is 5.47. The van der Waals surface area contributed by atoms with Crippen LogP contribution in [-0.4, -0.2) is 27.0 Å². The largest absolute Gasteiger partial charge is 0.496 e. The number of rotatable bonds is 2. The Bertz CT molecular complexity index is 413. The second-order valence-electron chi connectivity index (χ2n) is 4.47. The van der Waals surface area contributed by atoms with Crippen LogP contribution in [0.3, 0.4) is 0 Å². The third-order valence-corrected chi connectivity index (χ3v) is 3.50. The van der Waals surface area contributed by atoms with Gasteiger partial charge in [-0.25, -0.2) is 0 Å². The molecular formula is C13H17NO3. The van der Waals surface area contributed by atoms with E-state index in [4.69, 9.17) is 14.2 Å². The van der Waals surface area contributed by atoms with Gasteiger partial charge in [-0.2, -0.15) is 0 Å². The van der Waals surface area contributed by atoms with Crippen LogP contribution in [0.15, 0.2) is 12.1 Å². The van der Waals surface area contributed by atoms with Crippen LogP contribution >= 0.6 is 0 Å². The zero-order valence-electron chi connectivity index (χ0n) is 9.99. The van der Waals surface area contributed by atoms with Gasteiger partial charge < -0.3 is 19.5 Å². The van der Waals surface area contributed by atoms with Crippen molar-refractivity contribution in [1.82, 2.24) is 5.32 Å². The molecule has 1 saturated heterocycles. The van der Waals surface area contributed by atoms with E-state index >= 15 is 0 Å². The zero-order chi connectivity index (χ0) is 11.7. The lowest BCUT2D eigenvalue weighted by Gasteiger charge is -2.24. The second-order valence-corrected chi connectivity index (χ2v) is 4.47. The van der Waals surface area contributed by atoms with Crippen LogP contribution in [-0.2, 0) is 0 Å². The van der Waals surface area contributed by atoms with E-state index in [9.17, 15) is 0 Å². The molecule has 92 valence electrons. The number of nitrogens with one attached hydrogen (secondary N) is 1. The molecule has 17 heavy (non-hydrogen) atoms. The summed E-state index contributed by atoms with van der Waals surface area (Å²) >= 11 is 0. The van der Waals surface area contributed by atoms with E-state index in [1.54, 1.807) is 7.11 Å². The van der Waals surface area contributed by atoms with Gasteiger partial charge >= 0.3 is 0 Å². The molecule has 0 saturated carbocycles. The fourth-order valence-corrected chi connectivity index (χ4v) is 2.57. The van der Waals surface area contributed by atoms with Crippen molar-refractivity contribution >= 4 is 0 Å². The third kappa shape index (κ3) is 1.93. The quantitative estimate of drug-likeness (QED) is 0.849. The minimum atomic E-state index is 0.314. The van der Waals surface area contributed by atoms with Crippen molar-refractivity contribution in [3.05, 3.63) is 17.7 Å². The zero-order valence-corrected chi connectivity index (χ0v) is 9.99. The maximum absolute atomic E-state index is 5.47. The molecule has 1 aromatic carbocycles. The summed E-state index contributed by atoms with van der Waals surface area (Å²) in [5, 5.41) is 3.38. The fourth-order valence-electron chi connectivity index (χ4n) is 2.57. The lowest BCUT2D eigenvalue weighted by Crippen LogP contribution is -2.26. The third-order valence-electron chi connectivity index (χ3n) is 3.50. The first kappa shape index (κ1) is 10.7. The van der Waals surface area contributed by atoms with Crippen LogP contribution in [0, 0.1) is 0 Å². The number of hydrogen-bond donors (Lipinski definition) is 1. The van der Waals surface area contributed by atoms with Crippen LogP contribution in [0.1, 0.15) is 24.3 Å². The average Bonchev–Trinajstić information content (AvgIpc) is 2.85. The Morgan fingerprint density at radius 3 is 2.59 bits per heavy atom. The molecule has 0 bridgehead atoms. The molecule has 2 heterocycles. The Hall–Kier alpha value is -1.42. The van der Waals surface area contributed by atoms with Crippen molar-refractivity contribution in [2.24, 2.45) is 0 Å². The monoisotopic (exact) mass is 235 g/mol. The van der Waals surface area contributed by atoms with E-state index in [0.717, 1.165) is 43.2 Å². The molecule has 0 radical (unpaired) electrons.